The second-order valence-electron chi connectivity index (χ2n) is 2.49. The van der Waals surface area contributed by atoms with Crippen LogP contribution in [-0.4, -0.2) is 16.5 Å². The zero-order valence-electron chi connectivity index (χ0n) is 6.69. The molecule has 62 valence electrons. The minimum absolute atomic E-state index is 0.624. The van der Waals surface area contributed by atoms with Crippen LogP contribution < -0.4 is 10.5 Å². The monoisotopic (exact) mass is 163 g/mol. The van der Waals surface area contributed by atoms with Gasteiger partial charge in [0.25, 0.3) is 0 Å². The first-order chi connectivity index (χ1) is 5.81. The third-order valence-electron chi connectivity index (χ3n) is 1.73. The SMILES string of the molecule is COc1cc(N)c2nccn2c1. The lowest BCUT2D eigenvalue weighted by molar-refractivity contribution is 0.412. The van der Waals surface area contributed by atoms with Crippen LogP contribution in [0.1, 0.15) is 0 Å². The minimum atomic E-state index is 0.624. The fourth-order valence-electron chi connectivity index (χ4n) is 1.14. The standard InChI is InChI=1S/C8H9N3O/c1-12-6-4-7(9)8-10-2-3-11(8)5-6/h2-5H,9H2,1H3. The maximum Gasteiger partial charge on any atom is 0.160 e. The maximum atomic E-state index is 5.71. The molecule has 2 rings (SSSR count). The van der Waals surface area contributed by atoms with E-state index in [9.17, 15) is 0 Å². The van der Waals surface area contributed by atoms with Gasteiger partial charge in [-0.15, -0.1) is 0 Å². The summed E-state index contributed by atoms with van der Waals surface area (Å²) in [4.78, 5) is 4.08. The van der Waals surface area contributed by atoms with Crippen molar-refractivity contribution in [2.75, 3.05) is 12.8 Å². The summed E-state index contributed by atoms with van der Waals surface area (Å²) in [7, 11) is 1.61. The molecule has 0 radical (unpaired) electrons. The van der Waals surface area contributed by atoms with Gasteiger partial charge in [-0.05, 0) is 0 Å². The van der Waals surface area contributed by atoms with Crippen molar-refractivity contribution < 1.29 is 4.74 Å². The predicted molar refractivity (Wildman–Crippen MR) is 46.2 cm³/mol. The molecule has 0 aliphatic carbocycles. The molecule has 0 saturated heterocycles. The van der Waals surface area contributed by atoms with Crippen molar-refractivity contribution in [1.82, 2.24) is 9.38 Å². The highest BCUT2D eigenvalue weighted by atomic mass is 16.5. The second kappa shape index (κ2) is 2.41. The fourth-order valence-corrected chi connectivity index (χ4v) is 1.14. The summed E-state index contributed by atoms with van der Waals surface area (Å²) in [5, 5.41) is 0. The lowest BCUT2D eigenvalue weighted by Crippen LogP contribution is -1.94. The number of hydrogen-bond acceptors (Lipinski definition) is 3. The van der Waals surface area contributed by atoms with Crippen LogP contribution in [0.15, 0.2) is 24.7 Å². The number of aromatic nitrogens is 2. The van der Waals surface area contributed by atoms with Crippen molar-refractivity contribution in [3.63, 3.8) is 0 Å². The van der Waals surface area contributed by atoms with E-state index in [1.807, 2.05) is 16.8 Å². The van der Waals surface area contributed by atoms with E-state index in [2.05, 4.69) is 4.98 Å². The van der Waals surface area contributed by atoms with Crippen molar-refractivity contribution in [3.8, 4) is 5.75 Å². The lowest BCUT2D eigenvalue weighted by Gasteiger charge is -2.02. The van der Waals surface area contributed by atoms with E-state index in [0.29, 0.717) is 5.69 Å². The number of ether oxygens (including phenoxy) is 1. The minimum Gasteiger partial charge on any atom is -0.495 e. The third kappa shape index (κ3) is 0.887. The summed E-state index contributed by atoms with van der Waals surface area (Å²) in [6.07, 6.45) is 5.36. The molecule has 4 heteroatoms. The Kier molecular flexibility index (Phi) is 1.40. The average Bonchev–Trinajstić information content (AvgIpc) is 2.52. The zero-order valence-corrected chi connectivity index (χ0v) is 6.69. The number of fused-ring (bicyclic) bond motifs is 1. The molecule has 0 aromatic carbocycles. The summed E-state index contributed by atoms with van der Waals surface area (Å²) in [5.41, 5.74) is 7.10. The summed E-state index contributed by atoms with van der Waals surface area (Å²) >= 11 is 0. The number of anilines is 1. The number of hydrogen-bond donors (Lipinski definition) is 1. The van der Waals surface area contributed by atoms with E-state index in [0.717, 1.165) is 11.4 Å². The van der Waals surface area contributed by atoms with Crippen LogP contribution in [0.5, 0.6) is 5.75 Å². The Morgan fingerprint density at radius 2 is 2.42 bits per heavy atom. The molecule has 0 aliphatic heterocycles. The molecule has 0 saturated carbocycles. The summed E-state index contributed by atoms with van der Waals surface area (Å²) < 4.78 is 6.87. The first-order valence-corrected chi connectivity index (χ1v) is 3.57. The van der Waals surface area contributed by atoms with Crippen molar-refractivity contribution in [1.29, 1.82) is 0 Å². The fraction of sp³-hybridized carbons (Fsp3) is 0.125. The average molecular weight is 163 g/mol. The van der Waals surface area contributed by atoms with E-state index in [4.69, 9.17) is 10.5 Å². The predicted octanol–water partition coefficient (Wildman–Crippen LogP) is 0.925. The van der Waals surface area contributed by atoms with Crippen molar-refractivity contribution >= 4 is 11.3 Å². The van der Waals surface area contributed by atoms with Gasteiger partial charge >= 0.3 is 0 Å². The molecule has 0 bridgehead atoms. The highest BCUT2D eigenvalue weighted by molar-refractivity contribution is 5.66. The number of imidazole rings is 1. The van der Waals surface area contributed by atoms with Crippen LogP contribution in [0, 0.1) is 0 Å². The highest BCUT2D eigenvalue weighted by Crippen LogP contribution is 2.18. The molecule has 0 unspecified atom stereocenters. The van der Waals surface area contributed by atoms with Gasteiger partial charge in [-0.3, -0.25) is 0 Å². The van der Waals surface area contributed by atoms with E-state index >= 15 is 0 Å². The van der Waals surface area contributed by atoms with Gasteiger partial charge in [-0.1, -0.05) is 0 Å². The Bertz CT molecular complexity index is 408. The molecule has 4 nitrogen and oxygen atoms in total. The molecular formula is C8H9N3O. The smallest absolute Gasteiger partial charge is 0.160 e. The van der Waals surface area contributed by atoms with Crippen LogP contribution in [-0.2, 0) is 0 Å². The molecule has 0 atom stereocenters. The zero-order chi connectivity index (χ0) is 8.55. The van der Waals surface area contributed by atoms with Crippen LogP contribution in [0.2, 0.25) is 0 Å². The van der Waals surface area contributed by atoms with Crippen molar-refractivity contribution in [2.45, 2.75) is 0 Å². The third-order valence-corrected chi connectivity index (χ3v) is 1.73. The van der Waals surface area contributed by atoms with Gasteiger partial charge in [0.05, 0.1) is 19.0 Å². The first kappa shape index (κ1) is 6.97. The van der Waals surface area contributed by atoms with Gasteiger partial charge < -0.3 is 14.9 Å². The Morgan fingerprint density at radius 3 is 3.17 bits per heavy atom. The van der Waals surface area contributed by atoms with E-state index < -0.39 is 0 Å². The number of pyridine rings is 1. The topological polar surface area (TPSA) is 52.5 Å². The Hall–Kier alpha value is -1.71. The van der Waals surface area contributed by atoms with E-state index in [1.165, 1.54) is 0 Å². The highest BCUT2D eigenvalue weighted by Gasteiger charge is 2.00. The van der Waals surface area contributed by atoms with Gasteiger partial charge in [0, 0.05) is 18.5 Å². The second-order valence-corrected chi connectivity index (χ2v) is 2.49. The van der Waals surface area contributed by atoms with Gasteiger partial charge in [0.15, 0.2) is 5.65 Å². The lowest BCUT2D eigenvalue weighted by atomic mass is 10.4. The summed E-state index contributed by atoms with van der Waals surface area (Å²) in [6, 6.07) is 1.75. The molecule has 2 aromatic heterocycles. The normalized spacial score (nSPS) is 10.4. The Morgan fingerprint density at radius 1 is 1.58 bits per heavy atom. The Balaban J connectivity index is 2.75. The van der Waals surface area contributed by atoms with E-state index in [1.54, 1.807) is 19.4 Å². The van der Waals surface area contributed by atoms with Crippen molar-refractivity contribution in [2.24, 2.45) is 0 Å². The number of rotatable bonds is 1. The van der Waals surface area contributed by atoms with Crippen LogP contribution >= 0.6 is 0 Å². The number of methoxy groups -OCH3 is 1. The van der Waals surface area contributed by atoms with Gasteiger partial charge in [-0.2, -0.15) is 0 Å². The van der Waals surface area contributed by atoms with Crippen molar-refractivity contribution in [3.05, 3.63) is 24.7 Å². The summed E-state index contributed by atoms with van der Waals surface area (Å²) in [6.45, 7) is 0. The van der Waals surface area contributed by atoms with E-state index in [-0.39, 0.29) is 0 Å². The molecule has 0 aliphatic rings. The first-order valence-electron chi connectivity index (χ1n) is 3.57. The number of nitrogens with two attached hydrogens (primary N) is 1. The van der Waals surface area contributed by atoms with Crippen LogP contribution in [0.25, 0.3) is 5.65 Å². The van der Waals surface area contributed by atoms with Crippen LogP contribution in [0.3, 0.4) is 0 Å². The molecule has 2 aromatic rings. The Labute approximate surface area is 69.6 Å². The quantitative estimate of drug-likeness (QED) is 0.680. The summed E-state index contributed by atoms with van der Waals surface area (Å²) in [5.74, 6) is 0.734. The van der Waals surface area contributed by atoms with Gasteiger partial charge in [0.2, 0.25) is 0 Å². The molecule has 2 heterocycles. The number of nitrogens with zero attached hydrogens (tertiary/aromatic N) is 2. The molecule has 0 spiro atoms. The molecule has 0 fully saturated rings. The maximum absolute atomic E-state index is 5.71. The largest absolute Gasteiger partial charge is 0.495 e. The number of nitrogen functional groups attached to an aromatic ring is 1. The molecule has 2 N–H and O–H groups in total. The van der Waals surface area contributed by atoms with Gasteiger partial charge in [-0.25, -0.2) is 4.98 Å². The van der Waals surface area contributed by atoms with Crippen LogP contribution in [0.4, 0.5) is 5.69 Å². The molecule has 0 amide bonds. The molecule has 12 heavy (non-hydrogen) atoms. The molecular weight excluding hydrogens is 154 g/mol. The van der Waals surface area contributed by atoms with Gasteiger partial charge in [0.1, 0.15) is 5.75 Å².